The van der Waals surface area contributed by atoms with Crippen LogP contribution >= 0.6 is 0 Å². The van der Waals surface area contributed by atoms with E-state index in [1.807, 2.05) is 74.5 Å². The third-order valence-corrected chi connectivity index (χ3v) is 7.75. The molecule has 0 aliphatic heterocycles. The Hall–Kier alpha value is -3.16. The molecule has 7 heteroatoms. The minimum atomic E-state index is -3.92. The molecule has 0 saturated carbocycles. The van der Waals surface area contributed by atoms with Gasteiger partial charge in [0.25, 0.3) is 0 Å². The van der Waals surface area contributed by atoms with Crippen LogP contribution in [0.5, 0.6) is 5.75 Å². The van der Waals surface area contributed by atoms with E-state index < -0.39 is 10.0 Å². The van der Waals surface area contributed by atoms with Crippen molar-refractivity contribution >= 4 is 15.9 Å². The molecule has 3 aromatic carbocycles. The molecule has 0 aromatic heterocycles. The number of methoxy groups -OCH3 is 1. The minimum Gasteiger partial charge on any atom is -0.497 e. The highest BCUT2D eigenvalue weighted by Crippen LogP contribution is 2.26. The molecule has 6 nitrogen and oxygen atoms in total. The summed E-state index contributed by atoms with van der Waals surface area (Å²) in [6.07, 6.45) is 0. The second-order valence-electron chi connectivity index (χ2n) is 8.61. The normalized spacial score (nSPS) is 11.5. The van der Waals surface area contributed by atoms with Crippen molar-refractivity contribution in [3.8, 4) is 5.75 Å². The largest absolute Gasteiger partial charge is 0.497 e. The highest BCUT2D eigenvalue weighted by molar-refractivity contribution is 7.89. The molecule has 0 aliphatic carbocycles. The number of ether oxygens (including phenoxy) is 1. The first-order valence-corrected chi connectivity index (χ1v) is 12.6. The summed E-state index contributed by atoms with van der Waals surface area (Å²) in [4.78, 5) is 13.1. The van der Waals surface area contributed by atoms with Gasteiger partial charge in [0.2, 0.25) is 15.9 Å². The predicted molar refractivity (Wildman–Crippen MR) is 134 cm³/mol. The fraction of sp³-hybridized carbons (Fsp3) is 0.296. The minimum absolute atomic E-state index is 0.103. The number of hydrogen-bond acceptors (Lipinski definition) is 4. The van der Waals surface area contributed by atoms with Gasteiger partial charge in [0.05, 0.1) is 18.6 Å². The lowest BCUT2D eigenvalue weighted by atomic mass is 10.1. The van der Waals surface area contributed by atoms with Crippen LogP contribution < -0.4 is 10.1 Å². The van der Waals surface area contributed by atoms with Gasteiger partial charge in [0.15, 0.2) is 0 Å². The monoisotopic (exact) mass is 480 g/mol. The van der Waals surface area contributed by atoms with Crippen LogP contribution in [-0.4, -0.2) is 32.3 Å². The summed E-state index contributed by atoms with van der Waals surface area (Å²) in [5.74, 6) is 0.364. The molecule has 0 saturated heterocycles. The van der Waals surface area contributed by atoms with Crippen molar-refractivity contribution in [3.05, 3.63) is 94.0 Å². The van der Waals surface area contributed by atoms with Crippen molar-refractivity contribution in [3.63, 3.8) is 0 Å². The number of benzene rings is 3. The Morgan fingerprint density at radius 3 is 1.97 bits per heavy atom. The Balaban J connectivity index is 1.85. The zero-order valence-electron chi connectivity index (χ0n) is 20.4. The molecule has 3 aromatic rings. The number of carbonyl (C=O) groups excluding carboxylic acids is 1. The molecule has 1 N–H and O–H groups in total. The van der Waals surface area contributed by atoms with Gasteiger partial charge < -0.3 is 10.1 Å². The van der Waals surface area contributed by atoms with Crippen LogP contribution in [0.2, 0.25) is 0 Å². The highest BCUT2D eigenvalue weighted by Gasteiger charge is 2.30. The smallest absolute Gasteiger partial charge is 0.244 e. The van der Waals surface area contributed by atoms with E-state index in [-0.39, 0.29) is 23.9 Å². The number of carbonyl (C=O) groups is 1. The highest BCUT2D eigenvalue weighted by atomic mass is 32.2. The van der Waals surface area contributed by atoms with Crippen molar-refractivity contribution in [1.82, 2.24) is 9.62 Å². The molecule has 34 heavy (non-hydrogen) atoms. The van der Waals surface area contributed by atoms with E-state index in [4.69, 9.17) is 4.74 Å². The fourth-order valence-corrected chi connectivity index (χ4v) is 5.78. The fourth-order valence-electron chi connectivity index (χ4n) is 3.99. The van der Waals surface area contributed by atoms with Crippen LogP contribution in [0.4, 0.5) is 0 Å². The number of rotatable bonds is 9. The molecule has 0 radical (unpaired) electrons. The van der Waals surface area contributed by atoms with E-state index in [0.717, 1.165) is 28.0 Å². The average molecular weight is 481 g/mol. The van der Waals surface area contributed by atoms with Crippen LogP contribution in [0.25, 0.3) is 0 Å². The van der Waals surface area contributed by atoms with Gasteiger partial charge in [0, 0.05) is 13.1 Å². The first kappa shape index (κ1) is 25.5. The molecule has 0 unspecified atom stereocenters. The van der Waals surface area contributed by atoms with Crippen LogP contribution in [-0.2, 0) is 27.9 Å². The lowest BCUT2D eigenvalue weighted by Crippen LogP contribution is -2.40. The van der Waals surface area contributed by atoms with Crippen molar-refractivity contribution < 1.29 is 17.9 Å². The van der Waals surface area contributed by atoms with Crippen molar-refractivity contribution in [2.24, 2.45) is 0 Å². The van der Waals surface area contributed by atoms with Crippen molar-refractivity contribution in [2.75, 3.05) is 13.7 Å². The van der Waals surface area contributed by atoms with Crippen molar-refractivity contribution in [1.29, 1.82) is 0 Å². The zero-order chi connectivity index (χ0) is 24.9. The van der Waals surface area contributed by atoms with Gasteiger partial charge in [0.1, 0.15) is 5.75 Å². The predicted octanol–water partition coefficient (Wildman–Crippen LogP) is 4.44. The van der Waals surface area contributed by atoms with Crippen LogP contribution in [0.3, 0.4) is 0 Å². The van der Waals surface area contributed by atoms with E-state index >= 15 is 0 Å². The Labute approximate surface area is 202 Å². The summed E-state index contributed by atoms with van der Waals surface area (Å²) in [5, 5.41) is 2.84. The van der Waals surface area contributed by atoms with Crippen LogP contribution in [0.1, 0.15) is 33.4 Å². The summed E-state index contributed by atoms with van der Waals surface area (Å²) < 4.78 is 34.0. The maximum absolute atomic E-state index is 13.8. The molecule has 0 atom stereocenters. The average Bonchev–Trinajstić information content (AvgIpc) is 2.78. The lowest BCUT2D eigenvalue weighted by Gasteiger charge is -2.24. The summed E-state index contributed by atoms with van der Waals surface area (Å²) in [5.41, 5.74) is 5.14. The molecule has 0 aliphatic rings. The van der Waals surface area contributed by atoms with Crippen molar-refractivity contribution in [2.45, 2.75) is 45.7 Å². The number of nitrogens with one attached hydrogen (secondary N) is 1. The second kappa shape index (κ2) is 10.8. The Morgan fingerprint density at radius 1 is 0.853 bits per heavy atom. The van der Waals surface area contributed by atoms with E-state index in [1.54, 1.807) is 21.0 Å². The first-order chi connectivity index (χ1) is 16.1. The van der Waals surface area contributed by atoms with E-state index in [0.29, 0.717) is 17.7 Å². The molecule has 180 valence electrons. The molecular weight excluding hydrogens is 448 g/mol. The third kappa shape index (κ3) is 6.24. The molecular formula is C27H32N2O4S. The van der Waals surface area contributed by atoms with Gasteiger partial charge in [-0.15, -0.1) is 0 Å². The number of sulfonamides is 1. The topological polar surface area (TPSA) is 75.7 Å². The molecule has 0 bridgehead atoms. The number of hydrogen-bond donors (Lipinski definition) is 1. The Bertz CT molecular complexity index is 1230. The quantitative estimate of drug-likeness (QED) is 0.491. The maximum Gasteiger partial charge on any atom is 0.244 e. The van der Waals surface area contributed by atoms with Gasteiger partial charge in [-0.1, -0.05) is 59.7 Å². The lowest BCUT2D eigenvalue weighted by molar-refractivity contribution is -0.121. The Morgan fingerprint density at radius 2 is 1.41 bits per heavy atom. The van der Waals surface area contributed by atoms with Crippen LogP contribution in [0, 0.1) is 27.7 Å². The molecule has 1 amide bonds. The van der Waals surface area contributed by atoms with Gasteiger partial charge in [-0.3, -0.25) is 4.79 Å². The number of amides is 1. The SMILES string of the molecule is COc1ccc(CNC(=O)CN(Cc2ccc(C)cc2)S(=O)(=O)c2c(C)cc(C)cc2C)cc1. The number of aryl methyl sites for hydroxylation is 4. The maximum atomic E-state index is 13.8. The number of nitrogens with zero attached hydrogens (tertiary/aromatic N) is 1. The van der Waals surface area contributed by atoms with Gasteiger partial charge >= 0.3 is 0 Å². The molecule has 3 rings (SSSR count). The van der Waals surface area contributed by atoms with Gasteiger partial charge in [-0.25, -0.2) is 8.42 Å². The summed E-state index contributed by atoms with van der Waals surface area (Å²) in [6.45, 7) is 7.62. The van der Waals surface area contributed by atoms with Gasteiger partial charge in [-0.2, -0.15) is 4.31 Å². The van der Waals surface area contributed by atoms with Gasteiger partial charge in [-0.05, 0) is 62.1 Å². The Kier molecular flexibility index (Phi) is 8.12. The molecule has 0 fully saturated rings. The molecule has 0 heterocycles. The van der Waals surface area contributed by atoms with E-state index in [1.165, 1.54) is 4.31 Å². The van der Waals surface area contributed by atoms with E-state index in [2.05, 4.69) is 5.32 Å². The summed E-state index contributed by atoms with van der Waals surface area (Å²) >= 11 is 0. The zero-order valence-corrected chi connectivity index (χ0v) is 21.2. The van der Waals surface area contributed by atoms with Crippen LogP contribution in [0.15, 0.2) is 65.6 Å². The first-order valence-electron chi connectivity index (χ1n) is 11.1. The third-order valence-electron chi connectivity index (χ3n) is 5.65. The van der Waals surface area contributed by atoms with E-state index in [9.17, 15) is 13.2 Å². The summed E-state index contributed by atoms with van der Waals surface area (Å²) in [7, 11) is -2.32. The molecule has 0 spiro atoms. The summed E-state index contributed by atoms with van der Waals surface area (Å²) in [6, 6.07) is 18.7. The standard InChI is InChI=1S/C27H32N2O4S/c1-19-6-8-24(9-7-19)17-29(34(31,32)27-21(3)14-20(2)15-22(27)4)18-26(30)28-16-23-10-12-25(33-5)13-11-23/h6-15H,16-18H2,1-5H3,(H,28,30). The second-order valence-corrected chi connectivity index (χ2v) is 10.5.